The molecule has 0 saturated carbocycles. The zero-order valence-corrected chi connectivity index (χ0v) is 11.6. The van der Waals surface area contributed by atoms with Gasteiger partial charge in [-0.1, -0.05) is 26.7 Å². The maximum Gasteiger partial charge on any atom is 0.144 e. The molecule has 1 heterocycles. The van der Waals surface area contributed by atoms with Crippen LogP contribution in [0.15, 0.2) is 6.33 Å². The molecule has 0 bridgehead atoms. The lowest BCUT2D eigenvalue weighted by Crippen LogP contribution is -2.26. The predicted octanol–water partition coefficient (Wildman–Crippen LogP) is 3.09. The number of nitrogens with one attached hydrogen (secondary N) is 1. The minimum absolute atomic E-state index is 0.347. The molecule has 0 aliphatic rings. The zero-order valence-electron chi connectivity index (χ0n) is 11.6. The van der Waals surface area contributed by atoms with Crippen molar-refractivity contribution in [3.63, 3.8) is 0 Å². The average Bonchev–Trinajstić information content (AvgIpc) is 2.78. The Morgan fingerprint density at radius 1 is 1.29 bits per heavy atom. The fourth-order valence-corrected chi connectivity index (χ4v) is 1.96. The maximum atomic E-state index is 4.43. The lowest BCUT2D eigenvalue weighted by molar-refractivity contribution is 0.410. The zero-order chi connectivity index (χ0) is 12.7. The van der Waals surface area contributed by atoms with E-state index >= 15 is 0 Å². The molecule has 0 radical (unpaired) electrons. The summed E-state index contributed by atoms with van der Waals surface area (Å²) in [6.07, 6.45) is 6.41. The highest BCUT2D eigenvalue weighted by molar-refractivity contribution is 4.95. The predicted molar refractivity (Wildman–Crippen MR) is 71.0 cm³/mol. The number of hydrogen-bond donors (Lipinski definition) is 1. The average molecular weight is 238 g/mol. The fraction of sp³-hybridized carbons (Fsp3) is 0.846. The molecule has 4 nitrogen and oxygen atoms in total. The molecule has 4 heteroatoms. The van der Waals surface area contributed by atoms with Crippen molar-refractivity contribution in [2.75, 3.05) is 6.54 Å². The lowest BCUT2D eigenvalue weighted by Gasteiger charge is -2.19. The Hall–Kier alpha value is -0.900. The van der Waals surface area contributed by atoms with Gasteiger partial charge in [0.25, 0.3) is 0 Å². The molecule has 1 aromatic heterocycles. The second-order valence-electron chi connectivity index (χ2n) is 4.81. The van der Waals surface area contributed by atoms with Crippen molar-refractivity contribution in [3.05, 3.63) is 12.2 Å². The van der Waals surface area contributed by atoms with Crippen LogP contribution in [0.2, 0.25) is 0 Å². The van der Waals surface area contributed by atoms with Gasteiger partial charge in [-0.15, -0.1) is 0 Å². The summed E-state index contributed by atoms with van der Waals surface area (Å²) in [5.41, 5.74) is 0. The van der Waals surface area contributed by atoms with Gasteiger partial charge in [0.15, 0.2) is 0 Å². The van der Waals surface area contributed by atoms with Gasteiger partial charge < -0.3 is 5.32 Å². The summed E-state index contributed by atoms with van der Waals surface area (Å²) in [5, 5.41) is 7.90. The van der Waals surface area contributed by atoms with E-state index in [-0.39, 0.29) is 0 Å². The highest BCUT2D eigenvalue weighted by Crippen LogP contribution is 2.19. The lowest BCUT2D eigenvalue weighted by atomic mass is 10.1. The van der Waals surface area contributed by atoms with Gasteiger partial charge >= 0.3 is 0 Å². The van der Waals surface area contributed by atoms with E-state index in [0.29, 0.717) is 12.1 Å². The molecule has 1 N–H and O–H groups in total. The van der Waals surface area contributed by atoms with E-state index in [2.05, 4.69) is 43.1 Å². The van der Waals surface area contributed by atoms with Crippen molar-refractivity contribution in [2.45, 2.75) is 65.5 Å². The minimum Gasteiger partial charge on any atom is -0.307 e. The van der Waals surface area contributed by atoms with Gasteiger partial charge in [-0.2, -0.15) is 5.10 Å². The van der Waals surface area contributed by atoms with Gasteiger partial charge in [-0.25, -0.2) is 9.67 Å². The van der Waals surface area contributed by atoms with Crippen LogP contribution in [0.25, 0.3) is 0 Å². The largest absolute Gasteiger partial charge is 0.307 e. The molecule has 1 rings (SSSR count). The summed E-state index contributed by atoms with van der Waals surface area (Å²) in [5.74, 6) is 1.09. The Labute approximate surface area is 105 Å². The molecule has 0 aliphatic heterocycles. The molecule has 1 unspecified atom stereocenters. The second kappa shape index (κ2) is 7.43. The molecular weight excluding hydrogens is 212 g/mol. The Morgan fingerprint density at radius 3 is 2.65 bits per heavy atom. The highest BCUT2D eigenvalue weighted by atomic mass is 15.4. The number of rotatable bonds is 8. The molecule has 0 saturated heterocycles. The van der Waals surface area contributed by atoms with Crippen LogP contribution in [0.3, 0.4) is 0 Å². The normalized spacial score (nSPS) is 13.2. The van der Waals surface area contributed by atoms with Gasteiger partial charge in [-0.05, 0) is 33.2 Å². The van der Waals surface area contributed by atoms with Gasteiger partial charge in [0.2, 0.25) is 0 Å². The van der Waals surface area contributed by atoms with E-state index in [0.717, 1.165) is 25.2 Å². The van der Waals surface area contributed by atoms with Crippen LogP contribution >= 0.6 is 0 Å². The third-order valence-electron chi connectivity index (χ3n) is 2.89. The second-order valence-corrected chi connectivity index (χ2v) is 4.81. The molecule has 0 spiro atoms. The SMILES string of the molecule is CCCCC(NCCC)c1ncnn1C(C)C. The first-order valence-corrected chi connectivity index (χ1v) is 6.83. The van der Waals surface area contributed by atoms with E-state index in [9.17, 15) is 0 Å². The fourth-order valence-electron chi connectivity index (χ4n) is 1.96. The summed E-state index contributed by atoms with van der Waals surface area (Å²) >= 11 is 0. The molecule has 1 atom stereocenters. The Bertz CT molecular complexity index is 298. The van der Waals surface area contributed by atoms with Gasteiger partial charge in [-0.3, -0.25) is 0 Å². The first kappa shape index (κ1) is 14.2. The van der Waals surface area contributed by atoms with Crippen LogP contribution in [-0.4, -0.2) is 21.3 Å². The summed E-state index contributed by atoms with van der Waals surface area (Å²) in [6, 6.07) is 0.722. The monoisotopic (exact) mass is 238 g/mol. The topological polar surface area (TPSA) is 42.7 Å². The summed E-state index contributed by atoms with van der Waals surface area (Å²) in [4.78, 5) is 4.43. The van der Waals surface area contributed by atoms with E-state index in [1.165, 1.54) is 12.8 Å². The first-order valence-electron chi connectivity index (χ1n) is 6.83. The first-order chi connectivity index (χ1) is 8.20. The molecule has 1 aromatic rings. The molecular formula is C13H26N4. The van der Waals surface area contributed by atoms with Crippen molar-refractivity contribution in [3.8, 4) is 0 Å². The quantitative estimate of drug-likeness (QED) is 0.757. The van der Waals surface area contributed by atoms with Crippen molar-refractivity contribution in [1.29, 1.82) is 0 Å². The van der Waals surface area contributed by atoms with Crippen LogP contribution in [0.5, 0.6) is 0 Å². The number of aromatic nitrogens is 3. The number of nitrogens with zero attached hydrogens (tertiary/aromatic N) is 3. The smallest absolute Gasteiger partial charge is 0.144 e. The molecule has 0 fully saturated rings. The van der Waals surface area contributed by atoms with Crippen LogP contribution in [0.1, 0.15) is 71.3 Å². The van der Waals surface area contributed by atoms with E-state index in [4.69, 9.17) is 0 Å². The summed E-state index contributed by atoms with van der Waals surface area (Å²) < 4.78 is 2.03. The maximum absolute atomic E-state index is 4.43. The highest BCUT2D eigenvalue weighted by Gasteiger charge is 2.17. The third-order valence-corrected chi connectivity index (χ3v) is 2.89. The Balaban J connectivity index is 2.75. The van der Waals surface area contributed by atoms with E-state index < -0.39 is 0 Å². The van der Waals surface area contributed by atoms with Crippen molar-refractivity contribution in [1.82, 2.24) is 20.1 Å². The number of unbranched alkanes of at least 4 members (excludes halogenated alkanes) is 1. The summed E-state index contributed by atoms with van der Waals surface area (Å²) in [6.45, 7) is 9.75. The van der Waals surface area contributed by atoms with E-state index in [1.54, 1.807) is 6.33 Å². The molecule has 98 valence electrons. The molecule has 0 aromatic carbocycles. The van der Waals surface area contributed by atoms with Gasteiger partial charge in [0, 0.05) is 6.04 Å². The van der Waals surface area contributed by atoms with Gasteiger partial charge in [0.05, 0.1) is 6.04 Å². The Kier molecular flexibility index (Phi) is 6.19. The van der Waals surface area contributed by atoms with Crippen molar-refractivity contribution < 1.29 is 0 Å². The van der Waals surface area contributed by atoms with Crippen LogP contribution in [0.4, 0.5) is 0 Å². The van der Waals surface area contributed by atoms with Crippen LogP contribution < -0.4 is 5.32 Å². The standard InChI is InChI=1S/C13H26N4/c1-5-7-8-12(14-9-6-2)13-15-10-16-17(13)11(3)4/h10-12,14H,5-9H2,1-4H3. The van der Waals surface area contributed by atoms with Crippen molar-refractivity contribution >= 4 is 0 Å². The molecule has 0 aliphatic carbocycles. The molecule has 0 amide bonds. The summed E-state index contributed by atoms with van der Waals surface area (Å²) in [7, 11) is 0. The van der Waals surface area contributed by atoms with Crippen LogP contribution in [-0.2, 0) is 0 Å². The van der Waals surface area contributed by atoms with Crippen LogP contribution in [0, 0.1) is 0 Å². The van der Waals surface area contributed by atoms with Gasteiger partial charge in [0.1, 0.15) is 12.2 Å². The number of hydrogen-bond acceptors (Lipinski definition) is 3. The van der Waals surface area contributed by atoms with Crippen molar-refractivity contribution in [2.24, 2.45) is 0 Å². The minimum atomic E-state index is 0.347. The Morgan fingerprint density at radius 2 is 2.06 bits per heavy atom. The third kappa shape index (κ3) is 4.11. The van der Waals surface area contributed by atoms with E-state index in [1.807, 2.05) is 4.68 Å². The molecule has 17 heavy (non-hydrogen) atoms.